The predicted octanol–water partition coefficient (Wildman–Crippen LogP) is 1.99. The molecule has 0 radical (unpaired) electrons. The van der Waals surface area contributed by atoms with Crippen LogP contribution < -0.4 is 5.32 Å². The van der Waals surface area contributed by atoms with Crippen LogP contribution in [0.2, 0.25) is 0 Å². The standard InChI is InChI=1S/C12H18N2O/c1-9-6-12(7-9,8-13)11(15)14-10-4-2-3-5-10/h9-10H,2-7H2,1H3,(H,14,15). The topological polar surface area (TPSA) is 52.9 Å². The Hall–Kier alpha value is -1.04. The van der Waals surface area contributed by atoms with E-state index in [1.807, 2.05) is 0 Å². The summed E-state index contributed by atoms with van der Waals surface area (Å²) in [7, 11) is 0. The first-order valence-corrected chi connectivity index (χ1v) is 5.88. The minimum absolute atomic E-state index is 0.0185. The van der Waals surface area contributed by atoms with Crippen molar-refractivity contribution in [2.45, 2.75) is 51.5 Å². The maximum Gasteiger partial charge on any atom is 0.240 e. The van der Waals surface area contributed by atoms with E-state index in [-0.39, 0.29) is 5.91 Å². The van der Waals surface area contributed by atoms with Crippen LogP contribution >= 0.6 is 0 Å². The zero-order valence-electron chi connectivity index (χ0n) is 9.25. The van der Waals surface area contributed by atoms with Crippen molar-refractivity contribution in [3.8, 4) is 6.07 Å². The minimum atomic E-state index is -0.692. The predicted molar refractivity (Wildman–Crippen MR) is 56.8 cm³/mol. The van der Waals surface area contributed by atoms with E-state index >= 15 is 0 Å². The number of carbonyl (C=O) groups is 1. The number of nitrogens with zero attached hydrogens (tertiary/aromatic N) is 1. The maximum atomic E-state index is 11.9. The van der Waals surface area contributed by atoms with Gasteiger partial charge in [0, 0.05) is 6.04 Å². The molecule has 0 aromatic carbocycles. The third-order valence-corrected chi connectivity index (χ3v) is 3.73. The first-order valence-electron chi connectivity index (χ1n) is 5.88. The van der Waals surface area contributed by atoms with Crippen LogP contribution in [-0.2, 0) is 4.79 Å². The molecule has 0 heterocycles. The summed E-state index contributed by atoms with van der Waals surface area (Å²) in [6, 6.07) is 2.54. The van der Waals surface area contributed by atoms with Crippen LogP contribution in [0.5, 0.6) is 0 Å². The molecule has 1 N–H and O–H groups in total. The molecule has 0 atom stereocenters. The lowest BCUT2D eigenvalue weighted by molar-refractivity contribution is -0.134. The van der Waals surface area contributed by atoms with Crippen LogP contribution in [-0.4, -0.2) is 11.9 Å². The lowest BCUT2D eigenvalue weighted by Gasteiger charge is -2.39. The largest absolute Gasteiger partial charge is 0.352 e. The van der Waals surface area contributed by atoms with Gasteiger partial charge in [-0.05, 0) is 31.6 Å². The summed E-state index contributed by atoms with van der Waals surface area (Å²) < 4.78 is 0. The molecule has 2 rings (SSSR count). The number of hydrogen-bond donors (Lipinski definition) is 1. The summed E-state index contributed by atoms with van der Waals surface area (Å²) in [6.45, 7) is 2.10. The van der Waals surface area contributed by atoms with Gasteiger partial charge in [-0.3, -0.25) is 4.79 Å². The fourth-order valence-corrected chi connectivity index (χ4v) is 2.85. The molecular formula is C12H18N2O. The van der Waals surface area contributed by atoms with Crippen molar-refractivity contribution in [1.29, 1.82) is 5.26 Å². The molecule has 0 saturated heterocycles. The van der Waals surface area contributed by atoms with Gasteiger partial charge >= 0.3 is 0 Å². The highest BCUT2D eigenvalue weighted by Gasteiger charge is 2.49. The van der Waals surface area contributed by atoms with Gasteiger partial charge in [0.25, 0.3) is 0 Å². The average molecular weight is 206 g/mol. The number of nitriles is 1. The molecule has 2 fully saturated rings. The molecule has 2 aliphatic carbocycles. The molecule has 0 bridgehead atoms. The maximum absolute atomic E-state index is 11.9. The van der Waals surface area contributed by atoms with E-state index in [2.05, 4.69) is 18.3 Å². The Morgan fingerprint density at radius 3 is 2.47 bits per heavy atom. The monoisotopic (exact) mass is 206 g/mol. The molecule has 15 heavy (non-hydrogen) atoms. The van der Waals surface area contributed by atoms with Gasteiger partial charge in [0.1, 0.15) is 5.41 Å². The van der Waals surface area contributed by atoms with Gasteiger partial charge in [0.15, 0.2) is 0 Å². The number of rotatable bonds is 2. The van der Waals surface area contributed by atoms with Gasteiger partial charge in [-0.1, -0.05) is 19.8 Å². The van der Waals surface area contributed by atoms with E-state index < -0.39 is 5.41 Å². The van der Waals surface area contributed by atoms with E-state index in [1.54, 1.807) is 0 Å². The van der Waals surface area contributed by atoms with Gasteiger partial charge in [-0.15, -0.1) is 0 Å². The Kier molecular flexibility index (Phi) is 2.68. The van der Waals surface area contributed by atoms with Crippen LogP contribution in [0.3, 0.4) is 0 Å². The Morgan fingerprint density at radius 2 is 2.00 bits per heavy atom. The summed E-state index contributed by atoms with van der Waals surface area (Å²) in [5, 5.41) is 12.1. The van der Waals surface area contributed by atoms with Crippen LogP contribution in [0, 0.1) is 22.7 Å². The summed E-state index contributed by atoms with van der Waals surface area (Å²) >= 11 is 0. The van der Waals surface area contributed by atoms with E-state index in [0.717, 1.165) is 25.7 Å². The van der Waals surface area contributed by atoms with Crippen LogP contribution in [0.1, 0.15) is 45.4 Å². The second-order valence-electron chi connectivity index (χ2n) is 5.16. The Bertz CT molecular complexity index is 293. The fourth-order valence-electron chi connectivity index (χ4n) is 2.85. The first kappa shape index (κ1) is 10.5. The van der Waals surface area contributed by atoms with Gasteiger partial charge in [-0.2, -0.15) is 5.26 Å². The van der Waals surface area contributed by atoms with Gasteiger partial charge in [0.2, 0.25) is 5.91 Å². The third kappa shape index (κ3) is 1.86. The molecule has 0 aliphatic heterocycles. The van der Waals surface area contributed by atoms with E-state index in [4.69, 9.17) is 5.26 Å². The lowest BCUT2D eigenvalue weighted by Crippen LogP contribution is -2.50. The number of carbonyl (C=O) groups excluding carboxylic acids is 1. The van der Waals surface area contributed by atoms with E-state index in [1.165, 1.54) is 12.8 Å². The van der Waals surface area contributed by atoms with Crippen LogP contribution in [0.25, 0.3) is 0 Å². The zero-order valence-corrected chi connectivity index (χ0v) is 9.25. The van der Waals surface area contributed by atoms with Crippen molar-refractivity contribution in [1.82, 2.24) is 5.32 Å². The molecule has 3 heteroatoms. The molecule has 0 aromatic heterocycles. The highest BCUT2D eigenvalue weighted by atomic mass is 16.2. The zero-order chi connectivity index (χ0) is 10.9. The Labute approximate surface area is 90.8 Å². The summed E-state index contributed by atoms with van der Waals surface area (Å²) in [5.41, 5.74) is -0.692. The molecule has 0 aromatic rings. The summed E-state index contributed by atoms with van der Waals surface area (Å²) in [4.78, 5) is 11.9. The van der Waals surface area contributed by atoms with Crippen molar-refractivity contribution in [2.75, 3.05) is 0 Å². The van der Waals surface area contributed by atoms with E-state index in [9.17, 15) is 4.79 Å². The molecular weight excluding hydrogens is 188 g/mol. The second-order valence-corrected chi connectivity index (χ2v) is 5.16. The number of nitrogens with one attached hydrogen (secondary N) is 1. The molecule has 2 saturated carbocycles. The SMILES string of the molecule is CC1CC(C#N)(C(=O)NC2CCCC2)C1. The molecule has 1 amide bonds. The summed E-state index contributed by atoms with van der Waals surface area (Å²) in [6.07, 6.45) is 6.07. The average Bonchev–Trinajstić information content (AvgIpc) is 2.64. The van der Waals surface area contributed by atoms with Crippen molar-refractivity contribution in [3.05, 3.63) is 0 Å². The van der Waals surface area contributed by atoms with Crippen molar-refractivity contribution >= 4 is 5.91 Å². The quantitative estimate of drug-likeness (QED) is 0.751. The highest BCUT2D eigenvalue weighted by molar-refractivity contribution is 5.86. The van der Waals surface area contributed by atoms with Gasteiger partial charge in [-0.25, -0.2) is 0 Å². The Morgan fingerprint density at radius 1 is 1.40 bits per heavy atom. The second kappa shape index (κ2) is 3.84. The van der Waals surface area contributed by atoms with Crippen LogP contribution in [0.4, 0.5) is 0 Å². The van der Waals surface area contributed by atoms with Crippen molar-refractivity contribution in [2.24, 2.45) is 11.3 Å². The molecule has 0 unspecified atom stereocenters. The fraction of sp³-hybridized carbons (Fsp3) is 0.833. The van der Waals surface area contributed by atoms with Gasteiger partial charge in [0.05, 0.1) is 6.07 Å². The molecule has 82 valence electrons. The van der Waals surface area contributed by atoms with E-state index in [0.29, 0.717) is 12.0 Å². The smallest absolute Gasteiger partial charge is 0.240 e. The number of hydrogen-bond acceptors (Lipinski definition) is 2. The molecule has 2 aliphatic rings. The van der Waals surface area contributed by atoms with Crippen molar-refractivity contribution in [3.63, 3.8) is 0 Å². The highest BCUT2D eigenvalue weighted by Crippen LogP contribution is 2.45. The minimum Gasteiger partial charge on any atom is -0.352 e. The van der Waals surface area contributed by atoms with Crippen molar-refractivity contribution < 1.29 is 4.79 Å². The van der Waals surface area contributed by atoms with Crippen LogP contribution in [0.15, 0.2) is 0 Å². The Balaban J connectivity index is 1.92. The summed E-state index contributed by atoms with van der Waals surface area (Å²) in [5.74, 6) is 0.508. The number of amides is 1. The first-order chi connectivity index (χ1) is 7.16. The lowest BCUT2D eigenvalue weighted by atomic mass is 9.63. The molecule has 3 nitrogen and oxygen atoms in total. The normalized spacial score (nSPS) is 35.6. The third-order valence-electron chi connectivity index (χ3n) is 3.73. The molecule has 0 spiro atoms. The van der Waals surface area contributed by atoms with Gasteiger partial charge < -0.3 is 5.32 Å².